The van der Waals surface area contributed by atoms with Crippen molar-refractivity contribution < 1.29 is 33.5 Å². The third-order valence-corrected chi connectivity index (χ3v) is 9.22. The van der Waals surface area contributed by atoms with Crippen molar-refractivity contribution >= 4 is 50.9 Å². The van der Waals surface area contributed by atoms with Crippen molar-refractivity contribution in [1.29, 1.82) is 0 Å². The van der Waals surface area contributed by atoms with Gasteiger partial charge in [-0.3, -0.25) is 48.2 Å². The quantitative estimate of drug-likeness (QED) is 0.107. The monoisotopic (exact) mass is 919 g/mol. The molecule has 0 saturated heterocycles. The number of benzene rings is 2. The minimum absolute atomic E-state index is 0. The van der Waals surface area contributed by atoms with Crippen LogP contribution in [0.3, 0.4) is 0 Å². The van der Waals surface area contributed by atoms with Gasteiger partial charge in [0.1, 0.15) is 28.2 Å². The third-order valence-electron chi connectivity index (χ3n) is 9.22. The first-order valence-corrected chi connectivity index (χ1v) is 19.8. The number of hydrogen-bond donors (Lipinski definition) is 5. The molecule has 0 bridgehead atoms. The molecule has 6 N–H and O–H groups in total. The van der Waals surface area contributed by atoms with E-state index in [9.17, 15) is 38.0 Å². The van der Waals surface area contributed by atoms with E-state index in [-0.39, 0.29) is 59.9 Å². The summed E-state index contributed by atoms with van der Waals surface area (Å²) in [7, 11) is 4.87. The number of hydrogen-bond acceptors (Lipinski definition) is 14. The Kier molecular flexibility index (Phi) is 18.2. The molecule has 8 aromatic rings. The van der Waals surface area contributed by atoms with Crippen LogP contribution in [0.1, 0.15) is 63.4 Å². The number of nitrogens with two attached hydrogens (primary N) is 1. The fourth-order valence-electron chi connectivity index (χ4n) is 5.87. The van der Waals surface area contributed by atoms with E-state index >= 15 is 0 Å². The summed E-state index contributed by atoms with van der Waals surface area (Å²) >= 11 is 0. The van der Waals surface area contributed by atoms with Crippen molar-refractivity contribution in [2.24, 2.45) is 32.0 Å². The molecule has 0 saturated carbocycles. The number of carbonyl (C=O) groups is 3. The van der Waals surface area contributed by atoms with E-state index in [1.54, 1.807) is 81.8 Å². The molecule has 2 amide bonds. The minimum Gasteiger partial charge on any atom is -0.476 e. The molecule has 0 aliphatic carbocycles. The molecular formula is C45H47F2N13O7. The predicted molar refractivity (Wildman–Crippen MR) is 244 cm³/mol. The van der Waals surface area contributed by atoms with Crippen LogP contribution >= 0.6 is 0 Å². The molecule has 0 fully saturated rings. The van der Waals surface area contributed by atoms with Gasteiger partial charge in [0.05, 0.1) is 16.6 Å². The van der Waals surface area contributed by atoms with Gasteiger partial charge in [0.2, 0.25) is 16.6 Å². The summed E-state index contributed by atoms with van der Waals surface area (Å²) in [6.07, 6.45) is 5.57. The lowest BCUT2D eigenvalue weighted by molar-refractivity contribution is 0.0686. The molecule has 22 heteroatoms. The molecule has 0 aliphatic heterocycles. The van der Waals surface area contributed by atoms with Gasteiger partial charge in [0.25, 0.3) is 11.8 Å². The van der Waals surface area contributed by atoms with Crippen LogP contribution in [-0.4, -0.2) is 78.9 Å². The normalized spacial score (nSPS) is 10.6. The zero-order valence-corrected chi connectivity index (χ0v) is 35.9. The van der Waals surface area contributed by atoms with Crippen molar-refractivity contribution in [3.05, 3.63) is 169 Å². The summed E-state index contributed by atoms with van der Waals surface area (Å²) < 4.78 is 30.0. The minimum atomic E-state index is -1.34. The Morgan fingerprint density at radius 1 is 0.627 bits per heavy atom. The van der Waals surface area contributed by atoms with Crippen LogP contribution in [0.5, 0.6) is 0 Å². The fourth-order valence-corrected chi connectivity index (χ4v) is 5.87. The molecule has 0 unspecified atom stereocenters. The summed E-state index contributed by atoms with van der Waals surface area (Å²) in [4.78, 5) is 71.3. The smallest absolute Gasteiger partial charge is 0.360 e. The first-order valence-electron chi connectivity index (χ1n) is 19.8. The van der Waals surface area contributed by atoms with Crippen LogP contribution in [0.25, 0.3) is 33.1 Å². The van der Waals surface area contributed by atoms with Crippen LogP contribution in [0.4, 0.5) is 8.78 Å². The summed E-state index contributed by atoms with van der Waals surface area (Å²) in [6, 6.07) is 21.7. The van der Waals surface area contributed by atoms with Crippen molar-refractivity contribution in [1.82, 2.24) is 54.9 Å². The number of halogens is 2. The number of aromatic carboxylic acids is 1. The van der Waals surface area contributed by atoms with E-state index in [1.807, 2.05) is 0 Å². The number of carboxylic acids is 1. The Morgan fingerprint density at radius 3 is 1.39 bits per heavy atom. The number of rotatable bonds is 8. The van der Waals surface area contributed by atoms with Gasteiger partial charge in [-0.15, -0.1) is 0 Å². The zero-order valence-electron chi connectivity index (χ0n) is 35.9. The number of aryl methyl sites for hydroxylation is 3. The number of nitrogens with one attached hydrogen (secondary N) is 2. The van der Waals surface area contributed by atoms with Gasteiger partial charge < -0.3 is 26.7 Å². The Balaban J connectivity index is 0.000000214. The van der Waals surface area contributed by atoms with Crippen LogP contribution in [0, 0.1) is 11.6 Å². The predicted octanol–water partition coefficient (Wildman–Crippen LogP) is 3.74. The Morgan fingerprint density at radius 2 is 0.985 bits per heavy atom. The van der Waals surface area contributed by atoms with Gasteiger partial charge in [0, 0.05) is 52.8 Å². The van der Waals surface area contributed by atoms with Crippen LogP contribution in [0.2, 0.25) is 0 Å². The van der Waals surface area contributed by atoms with Gasteiger partial charge in [-0.25, -0.2) is 13.6 Å². The van der Waals surface area contributed by atoms with Crippen LogP contribution in [0.15, 0.2) is 118 Å². The number of amides is 2. The standard InChI is InChI=1S/C16H14FN5O2.C16H13FN4O2.C9H7N3O3.C3H9N.CH4/c1-22-12-3-2-8-18-13(12)14(21-24)15(20-22)16(23)19-9-10-4-6-11(17)7-5-10;1-21-12-3-2-8-18-13(12)15(22)14(20-21)16(23)19-9-10-4-6-11(17)7-5-10;1-12-5-3-2-4-10-6(5)8(13)7(11-12)9(14)15;1-2-3-4;/h2-8,24H,9H2,1H3,(H,19,23);2-8H,9H2,1H3,(H,19,23);2-4H,1H3,(H,14,15);2-4H2,1H3;1H4. The first kappa shape index (κ1) is 51.0. The molecule has 6 aromatic heterocycles. The lowest BCUT2D eigenvalue weighted by Gasteiger charge is -2.09. The summed E-state index contributed by atoms with van der Waals surface area (Å²) in [5.74, 6) is -3.15. The number of nitrogens with zero attached hydrogens (tertiary/aromatic N) is 10. The summed E-state index contributed by atoms with van der Waals surface area (Å²) in [5.41, 5.74) is 6.88. The molecule has 0 radical (unpaired) electrons. The number of pyridine rings is 3. The maximum Gasteiger partial charge on any atom is 0.360 e. The van der Waals surface area contributed by atoms with Crippen molar-refractivity contribution in [2.75, 3.05) is 6.54 Å². The zero-order chi connectivity index (χ0) is 47.9. The Bertz CT molecular complexity index is 3210. The van der Waals surface area contributed by atoms with Crippen LogP contribution in [-0.2, 0) is 34.2 Å². The highest BCUT2D eigenvalue weighted by Crippen LogP contribution is 2.09. The van der Waals surface area contributed by atoms with E-state index < -0.39 is 34.3 Å². The van der Waals surface area contributed by atoms with E-state index in [0.29, 0.717) is 22.1 Å². The second-order valence-corrected chi connectivity index (χ2v) is 13.8. The maximum atomic E-state index is 12.9. The second kappa shape index (κ2) is 23.9. The number of carboxylic acid groups (broad SMARTS) is 1. The largest absolute Gasteiger partial charge is 0.476 e. The molecule has 348 valence electrons. The van der Waals surface area contributed by atoms with Crippen molar-refractivity contribution in [3.63, 3.8) is 0 Å². The van der Waals surface area contributed by atoms with Crippen molar-refractivity contribution in [2.45, 2.75) is 33.9 Å². The van der Waals surface area contributed by atoms with E-state index in [4.69, 9.17) is 10.8 Å². The molecule has 6 heterocycles. The van der Waals surface area contributed by atoms with E-state index in [2.05, 4.69) is 53.0 Å². The second-order valence-electron chi connectivity index (χ2n) is 13.8. The van der Waals surface area contributed by atoms with Gasteiger partial charge in [-0.2, -0.15) is 15.3 Å². The lowest BCUT2D eigenvalue weighted by Crippen LogP contribution is -2.32. The molecule has 20 nitrogen and oxygen atoms in total. The van der Waals surface area contributed by atoms with Crippen molar-refractivity contribution in [3.8, 4) is 0 Å². The summed E-state index contributed by atoms with van der Waals surface area (Å²) in [5, 5.41) is 38.3. The first-order chi connectivity index (χ1) is 31.7. The topological polar surface area (TPSA) is 280 Å². The highest BCUT2D eigenvalue weighted by Gasteiger charge is 2.19. The highest BCUT2D eigenvalue weighted by atomic mass is 19.1. The average Bonchev–Trinajstić information content (AvgIpc) is 3.33. The number of aromatic nitrogens is 9. The molecule has 8 rings (SSSR count). The maximum absolute atomic E-state index is 12.9. The van der Waals surface area contributed by atoms with E-state index in [0.717, 1.165) is 24.1 Å². The van der Waals surface area contributed by atoms with E-state index in [1.165, 1.54) is 56.9 Å². The van der Waals surface area contributed by atoms with Gasteiger partial charge in [0.15, 0.2) is 16.7 Å². The number of carbonyl (C=O) groups excluding carboxylic acids is 2. The average molecular weight is 920 g/mol. The molecular weight excluding hydrogens is 873 g/mol. The Hall–Kier alpha value is -8.66. The molecule has 0 spiro atoms. The lowest BCUT2D eigenvalue weighted by atomic mass is 10.2. The summed E-state index contributed by atoms with van der Waals surface area (Å²) in [6.45, 7) is 3.24. The third kappa shape index (κ3) is 12.8. The van der Waals surface area contributed by atoms with Gasteiger partial charge in [-0.05, 0) is 84.8 Å². The Labute approximate surface area is 380 Å². The molecule has 0 atom stereocenters. The number of fused-ring (bicyclic) bond motifs is 3. The van der Waals surface area contributed by atoms with Crippen LogP contribution < -0.4 is 32.6 Å². The SMILES string of the molecule is C.CCCN.Cn1nc(C(=O)NCc2ccc(F)cc2)c(=NO)c2ncccc21.Cn1nc(C(=O)NCc2ccc(F)cc2)c(=O)c2ncccc21.Cn1nc(C(=O)O)c(=O)c2ncccc21. The van der Waals surface area contributed by atoms with Gasteiger partial charge in [-0.1, -0.05) is 43.8 Å². The molecule has 0 aliphatic rings. The fraction of sp³-hybridized carbons (Fsp3) is 0.200. The highest BCUT2D eigenvalue weighted by molar-refractivity contribution is 5.95. The molecule has 67 heavy (non-hydrogen) atoms. The molecule has 2 aromatic carbocycles. The van der Waals surface area contributed by atoms with Gasteiger partial charge >= 0.3 is 5.97 Å².